The monoisotopic (exact) mass is 618 g/mol. The van der Waals surface area contributed by atoms with Crippen LogP contribution in [-0.4, -0.2) is 16.6 Å². The SMILES string of the molecule is CCC1(CC)CC(CC)(CC)c2c1cc1c(c2[Si]/C(=C/c2ccccc2)c2ccc(OC)cc2)C(CC)(CC)CC1(CC)CC. The first-order valence-corrected chi connectivity index (χ1v) is 19.1. The Morgan fingerprint density at radius 3 is 1.47 bits per heavy atom. The van der Waals surface area contributed by atoms with Crippen molar-refractivity contribution in [2.45, 2.75) is 141 Å². The molecule has 2 heteroatoms. The lowest BCUT2D eigenvalue weighted by Crippen LogP contribution is -2.38. The van der Waals surface area contributed by atoms with Crippen molar-refractivity contribution in [3.63, 3.8) is 0 Å². The van der Waals surface area contributed by atoms with Crippen LogP contribution in [0.4, 0.5) is 0 Å². The van der Waals surface area contributed by atoms with Gasteiger partial charge in [-0.3, -0.25) is 0 Å². The average Bonchev–Trinajstić information content (AvgIpc) is 3.57. The molecule has 0 unspecified atom stereocenters. The van der Waals surface area contributed by atoms with Crippen LogP contribution < -0.4 is 9.92 Å². The lowest BCUT2D eigenvalue weighted by atomic mass is 9.70. The lowest BCUT2D eigenvalue weighted by molar-refractivity contribution is 0.279. The average molecular weight is 619 g/mol. The zero-order valence-electron chi connectivity index (χ0n) is 29.8. The van der Waals surface area contributed by atoms with Crippen molar-refractivity contribution in [3.05, 3.63) is 94.0 Å². The maximum Gasteiger partial charge on any atom is 0.123 e. The van der Waals surface area contributed by atoms with E-state index >= 15 is 0 Å². The Labute approximate surface area is 278 Å². The van der Waals surface area contributed by atoms with Crippen LogP contribution >= 0.6 is 0 Å². The van der Waals surface area contributed by atoms with E-state index in [2.05, 4.69) is 122 Å². The summed E-state index contributed by atoms with van der Waals surface area (Å²) in [6.07, 6.45) is 14.8. The molecule has 0 saturated heterocycles. The molecular weight excluding hydrogens is 561 g/mol. The molecule has 3 aromatic carbocycles. The summed E-state index contributed by atoms with van der Waals surface area (Å²) in [5.41, 5.74) is 10.5. The fraction of sp³-hybridized carbons (Fsp3) is 0.535. The van der Waals surface area contributed by atoms with Gasteiger partial charge in [0.15, 0.2) is 0 Å². The van der Waals surface area contributed by atoms with Gasteiger partial charge in [0, 0.05) is 0 Å². The fourth-order valence-corrected chi connectivity index (χ4v) is 11.6. The van der Waals surface area contributed by atoms with Crippen LogP contribution in [0, 0.1) is 0 Å². The number of fused-ring (bicyclic) bond motifs is 2. The Morgan fingerprint density at radius 1 is 0.622 bits per heavy atom. The van der Waals surface area contributed by atoms with Gasteiger partial charge in [-0.25, -0.2) is 0 Å². The second kappa shape index (κ2) is 13.3. The summed E-state index contributed by atoms with van der Waals surface area (Å²) in [6.45, 7) is 19.8. The molecule has 0 fully saturated rings. The number of rotatable bonds is 13. The van der Waals surface area contributed by atoms with E-state index in [0.717, 1.165) is 5.75 Å². The van der Waals surface area contributed by atoms with Crippen molar-refractivity contribution in [1.82, 2.24) is 0 Å². The van der Waals surface area contributed by atoms with E-state index < -0.39 is 0 Å². The van der Waals surface area contributed by atoms with Crippen LogP contribution in [0.1, 0.15) is 153 Å². The number of hydrogen-bond donors (Lipinski definition) is 0. The third-order valence-electron chi connectivity index (χ3n) is 13.1. The molecule has 0 bridgehead atoms. The van der Waals surface area contributed by atoms with Gasteiger partial charge in [0.1, 0.15) is 15.3 Å². The zero-order valence-corrected chi connectivity index (χ0v) is 30.8. The van der Waals surface area contributed by atoms with Gasteiger partial charge in [0.2, 0.25) is 0 Å². The summed E-state index contributed by atoms with van der Waals surface area (Å²) < 4.78 is 5.60. The molecule has 240 valence electrons. The van der Waals surface area contributed by atoms with Gasteiger partial charge in [-0.1, -0.05) is 120 Å². The molecule has 0 saturated carbocycles. The minimum absolute atomic E-state index is 0.230. The highest BCUT2D eigenvalue weighted by molar-refractivity contribution is 6.75. The van der Waals surface area contributed by atoms with Crippen LogP contribution in [0.2, 0.25) is 0 Å². The molecule has 0 spiro atoms. The van der Waals surface area contributed by atoms with Crippen LogP contribution in [0.15, 0.2) is 60.7 Å². The molecule has 2 aliphatic rings. The van der Waals surface area contributed by atoms with Gasteiger partial charge >= 0.3 is 0 Å². The van der Waals surface area contributed by atoms with Crippen molar-refractivity contribution in [1.29, 1.82) is 0 Å². The molecule has 45 heavy (non-hydrogen) atoms. The van der Waals surface area contributed by atoms with E-state index in [0.29, 0.717) is 9.52 Å². The Kier molecular flexibility index (Phi) is 9.95. The highest BCUT2D eigenvalue weighted by Crippen LogP contribution is 2.61. The second-order valence-electron chi connectivity index (χ2n) is 14.2. The molecule has 0 atom stereocenters. The maximum absolute atomic E-state index is 5.60. The first-order chi connectivity index (χ1) is 21.7. The van der Waals surface area contributed by atoms with Crippen LogP contribution in [-0.2, 0) is 21.7 Å². The predicted molar refractivity (Wildman–Crippen MR) is 197 cm³/mol. The van der Waals surface area contributed by atoms with Gasteiger partial charge < -0.3 is 4.74 Å². The maximum atomic E-state index is 5.60. The van der Waals surface area contributed by atoms with Gasteiger partial charge in [-0.15, -0.1) is 0 Å². The molecule has 1 nitrogen and oxygen atoms in total. The minimum atomic E-state index is 0.230. The first kappa shape index (κ1) is 33.8. The van der Waals surface area contributed by atoms with Crippen LogP contribution in [0.3, 0.4) is 0 Å². The van der Waals surface area contributed by atoms with E-state index in [1.54, 1.807) is 34.6 Å². The standard InChI is InChI=1S/C43H58OSi/c1-10-40(11-2)29-42(14-5,15-6)37-34(40)28-35-38(43(16-7,17-8)30-41(35,12-3)13-4)39(37)45-36(27-31-21-19-18-20-22-31)32-23-25-33(44-9)26-24-32/h18-28H,10-17,29-30H2,1-9H3/b36-27+. The molecule has 0 aromatic heterocycles. The van der Waals surface area contributed by atoms with Gasteiger partial charge in [0.25, 0.3) is 0 Å². The highest BCUT2D eigenvalue weighted by Gasteiger charge is 2.56. The summed E-state index contributed by atoms with van der Waals surface area (Å²) >= 11 is 0. The predicted octanol–water partition coefficient (Wildman–Crippen LogP) is 11.3. The number of hydrogen-bond acceptors (Lipinski definition) is 1. The quantitative estimate of drug-likeness (QED) is 0.137. The summed E-state index contributed by atoms with van der Waals surface area (Å²) in [7, 11) is 2.37. The Morgan fingerprint density at radius 2 is 1.07 bits per heavy atom. The van der Waals surface area contributed by atoms with Crippen LogP contribution in [0.5, 0.6) is 5.75 Å². The Bertz CT molecular complexity index is 1420. The third kappa shape index (κ3) is 5.37. The normalized spacial score (nSPS) is 18.9. The van der Waals surface area contributed by atoms with Crippen LogP contribution in [0.25, 0.3) is 11.3 Å². The Hall–Kier alpha value is -2.58. The second-order valence-corrected chi connectivity index (χ2v) is 15.5. The number of ether oxygens (including phenoxy) is 1. The summed E-state index contributed by atoms with van der Waals surface area (Å²) in [5, 5.41) is 3.16. The molecule has 2 radical (unpaired) electrons. The highest BCUT2D eigenvalue weighted by atomic mass is 28.2. The molecule has 0 amide bonds. The van der Waals surface area contributed by atoms with E-state index in [1.807, 2.05) is 0 Å². The van der Waals surface area contributed by atoms with Gasteiger partial charge in [0.05, 0.1) is 7.11 Å². The molecule has 5 rings (SSSR count). The fourth-order valence-electron chi connectivity index (χ4n) is 9.69. The molecule has 3 aromatic rings. The minimum Gasteiger partial charge on any atom is -0.497 e. The first-order valence-electron chi connectivity index (χ1n) is 18.1. The van der Waals surface area contributed by atoms with Gasteiger partial charge in [-0.05, 0) is 131 Å². The lowest BCUT2D eigenvalue weighted by Gasteiger charge is -2.36. The topological polar surface area (TPSA) is 9.23 Å². The van der Waals surface area contributed by atoms with E-state index in [4.69, 9.17) is 4.74 Å². The molecule has 0 N–H and O–H groups in total. The van der Waals surface area contributed by atoms with Crippen molar-refractivity contribution in [2.75, 3.05) is 7.11 Å². The smallest absolute Gasteiger partial charge is 0.123 e. The third-order valence-corrected chi connectivity index (χ3v) is 14.5. The molecular formula is C43H58OSi. The van der Waals surface area contributed by atoms with Crippen molar-refractivity contribution in [3.8, 4) is 5.75 Å². The molecule has 0 aliphatic heterocycles. The van der Waals surface area contributed by atoms with Crippen molar-refractivity contribution < 1.29 is 4.74 Å². The zero-order chi connectivity index (χ0) is 32.5. The number of methoxy groups -OCH3 is 1. The van der Waals surface area contributed by atoms with E-state index in [1.165, 1.54) is 80.5 Å². The Balaban J connectivity index is 1.91. The summed E-state index contributed by atoms with van der Waals surface area (Å²) in [5.74, 6) is 0.918. The van der Waals surface area contributed by atoms with Gasteiger partial charge in [-0.2, -0.15) is 0 Å². The summed E-state index contributed by atoms with van der Waals surface area (Å²) in [6, 6.07) is 22.7. The van der Waals surface area contributed by atoms with E-state index in [9.17, 15) is 0 Å². The molecule has 2 aliphatic carbocycles. The molecule has 0 heterocycles. The van der Waals surface area contributed by atoms with Crippen molar-refractivity contribution >= 4 is 26.0 Å². The van der Waals surface area contributed by atoms with E-state index in [-0.39, 0.29) is 21.7 Å². The largest absolute Gasteiger partial charge is 0.497 e. The van der Waals surface area contributed by atoms with Crippen molar-refractivity contribution in [2.24, 2.45) is 0 Å². The summed E-state index contributed by atoms with van der Waals surface area (Å²) in [4.78, 5) is 0. The number of benzene rings is 3.